The summed E-state index contributed by atoms with van der Waals surface area (Å²) in [6.45, 7) is 1.19. The van der Waals surface area contributed by atoms with E-state index in [0.29, 0.717) is 25.1 Å². The largest absolute Gasteiger partial charge is 0.385 e. The van der Waals surface area contributed by atoms with Crippen LogP contribution < -0.4 is 5.32 Å². The van der Waals surface area contributed by atoms with E-state index in [-0.39, 0.29) is 5.91 Å². The van der Waals surface area contributed by atoms with Crippen molar-refractivity contribution in [3.63, 3.8) is 0 Å². The second-order valence-corrected chi connectivity index (χ2v) is 5.10. The smallest absolute Gasteiger partial charge is 0.224 e. The van der Waals surface area contributed by atoms with Crippen LogP contribution in [0.1, 0.15) is 17.5 Å². The van der Waals surface area contributed by atoms with Gasteiger partial charge in [0.25, 0.3) is 0 Å². The number of nitriles is 1. The number of carbonyl (C=O) groups is 1. The molecule has 0 aromatic heterocycles. The van der Waals surface area contributed by atoms with Gasteiger partial charge in [-0.3, -0.25) is 4.79 Å². The number of carbonyl (C=O) groups excluding carboxylic acids is 1. The van der Waals surface area contributed by atoms with Crippen molar-refractivity contribution in [2.75, 3.05) is 18.9 Å². The molecule has 0 saturated carbocycles. The van der Waals surface area contributed by atoms with Gasteiger partial charge in [-0.2, -0.15) is 5.26 Å². The summed E-state index contributed by atoms with van der Waals surface area (Å²) in [5.41, 5.74) is 2.67. The van der Waals surface area contributed by atoms with Gasteiger partial charge in [0, 0.05) is 32.2 Å². The highest BCUT2D eigenvalue weighted by Crippen LogP contribution is 2.09. The molecule has 0 fully saturated rings. The van der Waals surface area contributed by atoms with Gasteiger partial charge < -0.3 is 10.2 Å². The van der Waals surface area contributed by atoms with E-state index >= 15 is 0 Å². The van der Waals surface area contributed by atoms with Crippen molar-refractivity contribution >= 4 is 11.6 Å². The zero-order valence-electron chi connectivity index (χ0n) is 12.6. The predicted octanol–water partition coefficient (Wildman–Crippen LogP) is 3.02. The number of anilines is 1. The average molecular weight is 293 g/mol. The van der Waals surface area contributed by atoms with Crippen LogP contribution in [0.15, 0.2) is 54.6 Å². The van der Waals surface area contributed by atoms with Gasteiger partial charge >= 0.3 is 0 Å². The first-order chi connectivity index (χ1) is 10.7. The first kappa shape index (κ1) is 15.6. The second-order valence-electron chi connectivity index (χ2n) is 5.10. The van der Waals surface area contributed by atoms with Crippen molar-refractivity contribution in [1.29, 1.82) is 5.26 Å². The van der Waals surface area contributed by atoms with E-state index in [1.807, 2.05) is 49.5 Å². The van der Waals surface area contributed by atoms with Gasteiger partial charge in [-0.25, -0.2) is 0 Å². The molecule has 2 aromatic rings. The van der Waals surface area contributed by atoms with Crippen LogP contribution >= 0.6 is 0 Å². The maximum atomic E-state index is 12.1. The fraction of sp³-hybridized carbons (Fsp3) is 0.222. The third kappa shape index (κ3) is 4.64. The summed E-state index contributed by atoms with van der Waals surface area (Å²) in [5.74, 6) is 0.102. The van der Waals surface area contributed by atoms with Gasteiger partial charge in [0.1, 0.15) is 0 Å². The number of benzene rings is 2. The van der Waals surface area contributed by atoms with Crippen molar-refractivity contribution in [2.24, 2.45) is 0 Å². The molecule has 0 aliphatic carbocycles. The Hall–Kier alpha value is -2.80. The number of hydrogen-bond acceptors (Lipinski definition) is 3. The van der Waals surface area contributed by atoms with Crippen LogP contribution in [0, 0.1) is 11.3 Å². The summed E-state index contributed by atoms with van der Waals surface area (Å²) in [4.78, 5) is 13.8. The lowest BCUT2D eigenvalue weighted by atomic mass is 10.2. The monoisotopic (exact) mass is 293 g/mol. The van der Waals surface area contributed by atoms with E-state index in [0.717, 1.165) is 11.3 Å². The van der Waals surface area contributed by atoms with Gasteiger partial charge in [-0.1, -0.05) is 30.3 Å². The highest BCUT2D eigenvalue weighted by atomic mass is 16.2. The summed E-state index contributed by atoms with van der Waals surface area (Å²) in [6.07, 6.45) is 0.434. The lowest BCUT2D eigenvalue weighted by Gasteiger charge is -2.17. The van der Waals surface area contributed by atoms with Crippen molar-refractivity contribution < 1.29 is 4.79 Å². The number of nitrogens with zero attached hydrogens (tertiary/aromatic N) is 2. The molecule has 112 valence electrons. The summed E-state index contributed by atoms with van der Waals surface area (Å²) in [5, 5.41) is 11.9. The molecule has 1 amide bonds. The van der Waals surface area contributed by atoms with Gasteiger partial charge in [-0.15, -0.1) is 0 Å². The minimum atomic E-state index is 0.102. The highest BCUT2D eigenvalue weighted by Gasteiger charge is 2.08. The Balaban J connectivity index is 1.76. The van der Waals surface area contributed by atoms with Crippen LogP contribution in [0.5, 0.6) is 0 Å². The molecule has 0 heterocycles. The standard InChI is InChI=1S/C18H19N3O/c1-21(14-16-5-3-2-4-6-16)18(22)11-12-20-17-9-7-15(13-19)8-10-17/h2-10,20H,11-12,14H2,1H3. The van der Waals surface area contributed by atoms with E-state index < -0.39 is 0 Å². The lowest BCUT2D eigenvalue weighted by Crippen LogP contribution is -2.27. The van der Waals surface area contributed by atoms with E-state index in [1.165, 1.54) is 0 Å². The maximum absolute atomic E-state index is 12.1. The molecule has 4 heteroatoms. The molecule has 2 aromatic carbocycles. The molecule has 0 radical (unpaired) electrons. The number of hydrogen-bond donors (Lipinski definition) is 1. The lowest BCUT2D eigenvalue weighted by molar-refractivity contribution is -0.130. The van der Waals surface area contributed by atoms with Gasteiger partial charge in [0.05, 0.1) is 11.6 Å². The number of rotatable bonds is 6. The molecule has 0 saturated heterocycles. The Bertz CT molecular complexity index is 644. The quantitative estimate of drug-likeness (QED) is 0.890. The molecule has 0 spiro atoms. The number of amides is 1. The van der Waals surface area contributed by atoms with E-state index in [2.05, 4.69) is 11.4 Å². The Kier molecular flexibility index (Phi) is 5.56. The summed E-state index contributed by atoms with van der Waals surface area (Å²) < 4.78 is 0. The van der Waals surface area contributed by atoms with Crippen molar-refractivity contribution in [2.45, 2.75) is 13.0 Å². The molecule has 0 atom stereocenters. The third-order valence-electron chi connectivity index (χ3n) is 3.37. The molecule has 1 N–H and O–H groups in total. The molecule has 0 aliphatic rings. The zero-order chi connectivity index (χ0) is 15.8. The normalized spacial score (nSPS) is 9.82. The molecular formula is C18H19N3O. The van der Waals surface area contributed by atoms with Gasteiger partial charge in [0.15, 0.2) is 0 Å². The average Bonchev–Trinajstić information content (AvgIpc) is 2.56. The number of nitrogens with one attached hydrogen (secondary N) is 1. The van der Waals surface area contributed by atoms with Gasteiger partial charge in [0.2, 0.25) is 5.91 Å². The van der Waals surface area contributed by atoms with E-state index in [1.54, 1.807) is 17.0 Å². The van der Waals surface area contributed by atoms with Crippen LogP contribution in [0.3, 0.4) is 0 Å². The van der Waals surface area contributed by atoms with Crippen LogP contribution in [0.2, 0.25) is 0 Å². The van der Waals surface area contributed by atoms with Crippen LogP contribution in [-0.4, -0.2) is 24.4 Å². The maximum Gasteiger partial charge on any atom is 0.224 e. The minimum absolute atomic E-state index is 0.102. The third-order valence-corrected chi connectivity index (χ3v) is 3.37. The van der Waals surface area contributed by atoms with Crippen molar-refractivity contribution in [3.05, 3.63) is 65.7 Å². The predicted molar refractivity (Wildman–Crippen MR) is 87.2 cm³/mol. The molecular weight excluding hydrogens is 274 g/mol. The zero-order valence-corrected chi connectivity index (χ0v) is 12.6. The Morgan fingerprint density at radius 3 is 2.45 bits per heavy atom. The molecule has 22 heavy (non-hydrogen) atoms. The van der Waals surface area contributed by atoms with E-state index in [4.69, 9.17) is 5.26 Å². The minimum Gasteiger partial charge on any atom is -0.385 e. The summed E-state index contributed by atoms with van der Waals surface area (Å²) in [7, 11) is 1.82. The van der Waals surface area contributed by atoms with E-state index in [9.17, 15) is 4.79 Å². The molecule has 2 rings (SSSR count). The SMILES string of the molecule is CN(Cc1ccccc1)C(=O)CCNc1ccc(C#N)cc1. The fourth-order valence-corrected chi connectivity index (χ4v) is 2.11. The first-order valence-electron chi connectivity index (χ1n) is 7.21. The van der Waals surface area contributed by atoms with Crippen LogP contribution in [0.25, 0.3) is 0 Å². The molecule has 0 aliphatic heterocycles. The summed E-state index contributed by atoms with van der Waals surface area (Å²) >= 11 is 0. The van der Waals surface area contributed by atoms with Crippen LogP contribution in [-0.2, 0) is 11.3 Å². The topological polar surface area (TPSA) is 56.1 Å². The fourth-order valence-electron chi connectivity index (χ4n) is 2.11. The molecule has 4 nitrogen and oxygen atoms in total. The first-order valence-corrected chi connectivity index (χ1v) is 7.21. The van der Waals surface area contributed by atoms with Gasteiger partial charge in [-0.05, 0) is 29.8 Å². The Morgan fingerprint density at radius 1 is 1.14 bits per heavy atom. The Labute approximate surface area is 131 Å². The van der Waals surface area contributed by atoms with Crippen LogP contribution in [0.4, 0.5) is 5.69 Å². The van der Waals surface area contributed by atoms with Crippen molar-refractivity contribution in [3.8, 4) is 6.07 Å². The highest BCUT2D eigenvalue weighted by molar-refractivity contribution is 5.76. The second kappa shape index (κ2) is 7.84. The molecule has 0 bridgehead atoms. The Morgan fingerprint density at radius 2 is 1.82 bits per heavy atom. The van der Waals surface area contributed by atoms with Crippen molar-refractivity contribution in [1.82, 2.24) is 4.90 Å². The molecule has 0 unspecified atom stereocenters. The summed E-state index contributed by atoms with van der Waals surface area (Å²) in [6, 6.07) is 19.2.